The quantitative estimate of drug-likeness (QED) is 0.644. The van der Waals surface area contributed by atoms with Gasteiger partial charge in [-0.1, -0.05) is 0 Å². The number of hydrogen-bond acceptors (Lipinski definition) is 5. The van der Waals surface area contributed by atoms with E-state index < -0.39 is 6.09 Å². The molecule has 0 aliphatic heterocycles. The lowest BCUT2D eigenvalue weighted by Gasteiger charge is -2.05. The van der Waals surface area contributed by atoms with Crippen LogP contribution in [0.3, 0.4) is 0 Å². The number of nitrogens with one attached hydrogen (secondary N) is 1. The van der Waals surface area contributed by atoms with Crippen LogP contribution in [0.4, 0.5) is 10.5 Å². The van der Waals surface area contributed by atoms with E-state index in [2.05, 4.69) is 10.1 Å². The maximum atomic E-state index is 11.4. The first kappa shape index (κ1) is 14.4. The number of hydrogen-bond donors (Lipinski definition) is 2. The Morgan fingerprint density at radius 2 is 2.17 bits per heavy atom. The molecular formula is C12H16N2O3S. The Hall–Kier alpha value is -1.69. The van der Waals surface area contributed by atoms with Crippen molar-refractivity contribution in [3.8, 4) is 0 Å². The van der Waals surface area contributed by atoms with Gasteiger partial charge in [-0.3, -0.25) is 10.1 Å². The highest BCUT2D eigenvalue weighted by Gasteiger charge is 2.08. The number of carbonyl (C=O) groups is 2. The number of alkyl carbamates (subject to hydrolysis) is 1. The fraction of sp³-hybridized carbons (Fsp3) is 0.333. The standard InChI is InChI=1S/C12H16N2O3S/c1-3-17-12(16)14-11(15)7-18-9-4-5-10(13)8(2)6-9/h4-6H,3,7,13H2,1-2H3,(H,14,15,16). The number of carbonyl (C=O) groups excluding carboxylic acids is 2. The van der Waals surface area contributed by atoms with Crippen LogP contribution in [0.2, 0.25) is 0 Å². The molecule has 18 heavy (non-hydrogen) atoms. The predicted molar refractivity (Wildman–Crippen MR) is 71.5 cm³/mol. The molecule has 98 valence electrons. The SMILES string of the molecule is CCOC(=O)NC(=O)CSc1ccc(N)c(C)c1. The molecule has 3 N–H and O–H groups in total. The predicted octanol–water partition coefficient (Wildman–Crippen LogP) is 1.94. The molecule has 0 heterocycles. The Kier molecular flexibility index (Phi) is 5.51. The minimum atomic E-state index is -0.711. The van der Waals surface area contributed by atoms with E-state index in [0.717, 1.165) is 16.1 Å². The highest BCUT2D eigenvalue weighted by atomic mass is 32.2. The molecule has 5 nitrogen and oxygen atoms in total. The average molecular weight is 268 g/mol. The summed E-state index contributed by atoms with van der Waals surface area (Å²) < 4.78 is 4.60. The lowest BCUT2D eigenvalue weighted by atomic mass is 10.2. The van der Waals surface area contributed by atoms with E-state index >= 15 is 0 Å². The minimum absolute atomic E-state index is 0.155. The van der Waals surface area contributed by atoms with Crippen molar-refractivity contribution in [1.82, 2.24) is 5.32 Å². The fourth-order valence-corrected chi connectivity index (χ4v) is 2.00. The highest BCUT2D eigenvalue weighted by molar-refractivity contribution is 8.00. The molecule has 0 unspecified atom stereocenters. The van der Waals surface area contributed by atoms with Gasteiger partial charge in [-0.05, 0) is 37.6 Å². The van der Waals surface area contributed by atoms with Gasteiger partial charge >= 0.3 is 6.09 Å². The molecule has 6 heteroatoms. The van der Waals surface area contributed by atoms with E-state index in [4.69, 9.17) is 5.73 Å². The zero-order valence-electron chi connectivity index (χ0n) is 10.4. The first-order valence-electron chi connectivity index (χ1n) is 5.48. The summed E-state index contributed by atoms with van der Waals surface area (Å²) in [6.45, 7) is 3.82. The van der Waals surface area contributed by atoms with E-state index in [1.165, 1.54) is 11.8 Å². The van der Waals surface area contributed by atoms with Crippen LogP contribution in [-0.2, 0) is 9.53 Å². The van der Waals surface area contributed by atoms with Gasteiger partial charge in [0.1, 0.15) is 0 Å². The number of benzene rings is 1. The van der Waals surface area contributed by atoms with Crippen molar-refractivity contribution in [2.75, 3.05) is 18.1 Å². The number of aryl methyl sites for hydroxylation is 1. The van der Waals surface area contributed by atoms with Crippen molar-refractivity contribution in [3.63, 3.8) is 0 Å². The third-order valence-electron chi connectivity index (χ3n) is 2.13. The molecule has 2 amide bonds. The van der Waals surface area contributed by atoms with Crippen LogP contribution < -0.4 is 11.1 Å². The van der Waals surface area contributed by atoms with Crippen LogP contribution in [0.1, 0.15) is 12.5 Å². The second kappa shape index (κ2) is 6.90. The van der Waals surface area contributed by atoms with Gasteiger partial charge in [0.15, 0.2) is 0 Å². The van der Waals surface area contributed by atoms with Gasteiger partial charge in [-0.15, -0.1) is 11.8 Å². The monoisotopic (exact) mass is 268 g/mol. The Morgan fingerprint density at radius 3 is 2.78 bits per heavy atom. The molecule has 0 saturated heterocycles. The van der Waals surface area contributed by atoms with Crippen molar-refractivity contribution in [2.45, 2.75) is 18.7 Å². The number of thioether (sulfide) groups is 1. The van der Waals surface area contributed by atoms with Gasteiger partial charge in [0, 0.05) is 10.6 Å². The molecule has 0 bridgehead atoms. The highest BCUT2D eigenvalue weighted by Crippen LogP contribution is 2.22. The Balaban J connectivity index is 2.42. The van der Waals surface area contributed by atoms with Crippen molar-refractivity contribution in [3.05, 3.63) is 23.8 Å². The van der Waals surface area contributed by atoms with Gasteiger partial charge < -0.3 is 10.5 Å². The number of anilines is 1. The second-order valence-electron chi connectivity index (χ2n) is 3.58. The number of nitrogen functional groups attached to an aromatic ring is 1. The molecule has 0 radical (unpaired) electrons. The first-order valence-corrected chi connectivity index (χ1v) is 6.47. The molecule has 0 aromatic heterocycles. The van der Waals surface area contributed by atoms with E-state index in [-0.39, 0.29) is 18.3 Å². The smallest absolute Gasteiger partial charge is 0.413 e. The van der Waals surface area contributed by atoms with Crippen molar-refractivity contribution < 1.29 is 14.3 Å². The summed E-state index contributed by atoms with van der Waals surface area (Å²) in [4.78, 5) is 23.3. The minimum Gasteiger partial charge on any atom is -0.450 e. The zero-order valence-corrected chi connectivity index (χ0v) is 11.2. The van der Waals surface area contributed by atoms with Crippen LogP contribution in [0, 0.1) is 6.92 Å². The van der Waals surface area contributed by atoms with Gasteiger partial charge in [0.05, 0.1) is 12.4 Å². The summed E-state index contributed by atoms with van der Waals surface area (Å²) in [6, 6.07) is 5.53. The molecule has 1 aromatic carbocycles. The molecule has 0 fully saturated rings. The lowest BCUT2D eigenvalue weighted by Crippen LogP contribution is -2.32. The molecule has 0 aliphatic rings. The molecule has 0 spiro atoms. The first-order chi connectivity index (χ1) is 8.52. The molecule has 0 saturated carbocycles. The molecule has 0 aliphatic carbocycles. The Labute approximate surface area is 110 Å². The largest absolute Gasteiger partial charge is 0.450 e. The van der Waals surface area contributed by atoms with Crippen LogP contribution in [0.25, 0.3) is 0 Å². The van der Waals surface area contributed by atoms with Crippen molar-refractivity contribution >= 4 is 29.4 Å². The van der Waals surface area contributed by atoms with Crippen molar-refractivity contribution in [2.24, 2.45) is 0 Å². The maximum Gasteiger partial charge on any atom is 0.413 e. The Morgan fingerprint density at radius 1 is 1.44 bits per heavy atom. The number of ether oxygens (including phenoxy) is 1. The maximum absolute atomic E-state index is 11.4. The second-order valence-corrected chi connectivity index (χ2v) is 4.62. The lowest BCUT2D eigenvalue weighted by molar-refractivity contribution is -0.117. The average Bonchev–Trinajstić information content (AvgIpc) is 2.31. The summed E-state index contributed by atoms with van der Waals surface area (Å²) in [5.74, 6) is -0.227. The zero-order chi connectivity index (χ0) is 13.5. The summed E-state index contributed by atoms with van der Waals surface area (Å²) in [5.41, 5.74) is 7.38. The molecule has 1 rings (SSSR count). The normalized spacial score (nSPS) is 9.89. The number of rotatable bonds is 4. The number of nitrogens with two attached hydrogens (primary N) is 1. The van der Waals surface area contributed by atoms with Gasteiger partial charge in [-0.2, -0.15) is 0 Å². The van der Waals surface area contributed by atoms with Crippen molar-refractivity contribution in [1.29, 1.82) is 0 Å². The van der Waals surface area contributed by atoms with E-state index in [1.807, 2.05) is 19.1 Å². The van der Waals surface area contributed by atoms with Gasteiger partial charge in [0.25, 0.3) is 0 Å². The molecule has 0 atom stereocenters. The fourth-order valence-electron chi connectivity index (χ4n) is 1.20. The van der Waals surface area contributed by atoms with E-state index in [9.17, 15) is 9.59 Å². The Bertz CT molecular complexity index is 449. The molecule has 1 aromatic rings. The summed E-state index contributed by atoms with van der Waals surface area (Å²) in [6.07, 6.45) is -0.711. The number of amides is 2. The summed E-state index contributed by atoms with van der Waals surface area (Å²) in [7, 11) is 0. The summed E-state index contributed by atoms with van der Waals surface area (Å²) >= 11 is 1.34. The topological polar surface area (TPSA) is 81.4 Å². The van der Waals surface area contributed by atoms with Crippen LogP contribution in [-0.4, -0.2) is 24.4 Å². The summed E-state index contributed by atoms with van der Waals surface area (Å²) in [5, 5.41) is 2.13. The number of imide groups is 1. The van der Waals surface area contributed by atoms with E-state index in [1.54, 1.807) is 13.0 Å². The third kappa shape index (κ3) is 4.67. The third-order valence-corrected chi connectivity index (χ3v) is 3.12. The van der Waals surface area contributed by atoms with E-state index in [0.29, 0.717) is 0 Å². The van der Waals surface area contributed by atoms with Gasteiger partial charge in [-0.25, -0.2) is 4.79 Å². The van der Waals surface area contributed by atoms with Crippen LogP contribution in [0.5, 0.6) is 0 Å². The van der Waals surface area contributed by atoms with Crippen LogP contribution in [0.15, 0.2) is 23.1 Å². The molecular weight excluding hydrogens is 252 g/mol. The van der Waals surface area contributed by atoms with Crippen LogP contribution >= 0.6 is 11.8 Å². The van der Waals surface area contributed by atoms with Gasteiger partial charge in [0.2, 0.25) is 5.91 Å².